The molecule has 5 N–H and O–H groups in total. The highest BCUT2D eigenvalue weighted by Gasteiger charge is 2.28. The number of carboxylic acids is 1. The summed E-state index contributed by atoms with van der Waals surface area (Å²) in [7, 11) is 0. The predicted octanol–water partition coefficient (Wildman–Crippen LogP) is 0.288. The van der Waals surface area contributed by atoms with E-state index in [-0.39, 0.29) is 5.92 Å². The van der Waals surface area contributed by atoms with E-state index in [2.05, 4.69) is 10.6 Å². The third-order valence-corrected chi connectivity index (χ3v) is 3.84. The van der Waals surface area contributed by atoms with Crippen LogP contribution in [-0.2, 0) is 20.8 Å². The van der Waals surface area contributed by atoms with Crippen molar-refractivity contribution in [2.45, 2.75) is 38.8 Å². The number of hydrogen-bond acceptors (Lipinski definition) is 4. The molecular formula is C17H25N3O4. The Morgan fingerprint density at radius 3 is 2.33 bits per heavy atom. The highest BCUT2D eigenvalue weighted by molar-refractivity contribution is 5.91. The smallest absolute Gasteiger partial charge is 0.322 e. The van der Waals surface area contributed by atoms with E-state index in [4.69, 9.17) is 10.8 Å². The van der Waals surface area contributed by atoms with Gasteiger partial charge in [0.15, 0.2) is 0 Å². The van der Waals surface area contributed by atoms with Gasteiger partial charge in [-0.2, -0.15) is 0 Å². The first kappa shape index (κ1) is 19.6. The zero-order valence-electron chi connectivity index (χ0n) is 14.0. The number of amides is 2. The van der Waals surface area contributed by atoms with Gasteiger partial charge in [-0.15, -0.1) is 0 Å². The van der Waals surface area contributed by atoms with Crippen molar-refractivity contribution in [1.29, 1.82) is 0 Å². The monoisotopic (exact) mass is 335 g/mol. The molecule has 0 radical (unpaired) electrons. The molecule has 3 atom stereocenters. The second-order valence-corrected chi connectivity index (χ2v) is 5.78. The number of hydrogen-bond donors (Lipinski definition) is 4. The van der Waals surface area contributed by atoms with E-state index in [9.17, 15) is 14.4 Å². The van der Waals surface area contributed by atoms with Gasteiger partial charge >= 0.3 is 5.97 Å². The summed E-state index contributed by atoms with van der Waals surface area (Å²) >= 11 is 0. The fraction of sp³-hybridized carbons (Fsp3) is 0.471. The minimum atomic E-state index is -1.14. The first-order valence-corrected chi connectivity index (χ1v) is 7.94. The Labute approximate surface area is 141 Å². The van der Waals surface area contributed by atoms with Crippen molar-refractivity contribution in [1.82, 2.24) is 10.6 Å². The Morgan fingerprint density at radius 1 is 1.17 bits per heavy atom. The summed E-state index contributed by atoms with van der Waals surface area (Å²) in [5.74, 6) is -2.24. The Kier molecular flexibility index (Phi) is 7.91. The van der Waals surface area contributed by atoms with Crippen LogP contribution < -0.4 is 16.4 Å². The van der Waals surface area contributed by atoms with Gasteiger partial charge in [-0.25, -0.2) is 0 Å². The summed E-state index contributed by atoms with van der Waals surface area (Å²) in [5, 5.41) is 13.6. The summed E-state index contributed by atoms with van der Waals surface area (Å²) in [6.45, 7) is 3.21. The first-order chi connectivity index (χ1) is 11.3. The topological polar surface area (TPSA) is 122 Å². The van der Waals surface area contributed by atoms with Crippen LogP contribution >= 0.6 is 0 Å². The Hall–Kier alpha value is -2.41. The molecule has 1 rings (SSSR count). The van der Waals surface area contributed by atoms with Gasteiger partial charge in [-0.1, -0.05) is 50.6 Å². The predicted molar refractivity (Wildman–Crippen MR) is 90.2 cm³/mol. The molecule has 0 spiro atoms. The molecule has 0 saturated carbocycles. The number of nitrogens with one attached hydrogen (secondary N) is 2. The van der Waals surface area contributed by atoms with Crippen molar-refractivity contribution < 1.29 is 19.5 Å². The molecule has 3 unspecified atom stereocenters. The van der Waals surface area contributed by atoms with Crippen LogP contribution in [0.3, 0.4) is 0 Å². The molecule has 0 aliphatic heterocycles. The lowest BCUT2D eigenvalue weighted by atomic mass is 9.97. The fourth-order valence-corrected chi connectivity index (χ4v) is 2.20. The van der Waals surface area contributed by atoms with Crippen molar-refractivity contribution >= 4 is 17.8 Å². The van der Waals surface area contributed by atoms with Gasteiger partial charge in [0.2, 0.25) is 11.8 Å². The van der Waals surface area contributed by atoms with E-state index < -0.39 is 36.4 Å². The van der Waals surface area contributed by atoms with Crippen LogP contribution in [0.15, 0.2) is 30.3 Å². The minimum absolute atomic E-state index is 0.147. The Bertz CT molecular complexity index is 562. The van der Waals surface area contributed by atoms with Crippen molar-refractivity contribution in [3.63, 3.8) is 0 Å². The SMILES string of the molecule is CCC(C)C(NC(=O)C(N)Cc1ccccc1)C(=O)NCC(=O)O. The van der Waals surface area contributed by atoms with Crippen LogP contribution in [0.2, 0.25) is 0 Å². The van der Waals surface area contributed by atoms with E-state index in [0.29, 0.717) is 12.8 Å². The third-order valence-electron chi connectivity index (χ3n) is 3.84. The second kappa shape index (κ2) is 9.67. The lowest BCUT2D eigenvalue weighted by molar-refractivity contribution is -0.138. The van der Waals surface area contributed by atoms with E-state index in [1.807, 2.05) is 44.2 Å². The minimum Gasteiger partial charge on any atom is -0.480 e. The molecule has 7 heteroatoms. The highest BCUT2D eigenvalue weighted by Crippen LogP contribution is 2.09. The Balaban J connectivity index is 2.69. The van der Waals surface area contributed by atoms with Crippen molar-refractivity contribution in [2.75, 3.05) is 6.54 Å². The summed E-state index contributed by atoms with van der Waals surface area (Å²) in [4.78, 5) is 35.0. The molecule has 0 saturated heterocycles. The van der Waals surface area contributed by atoms with Gasteiger partial charge in [-0.3, -0.25) is 14.4 Å². The second-order valence-electron chi connectivity index (χ2n) is 5.78. The van der Waals surface area contributed by atoms with E-state index >= 15 is 0 Å². The molecule has 1 aromatic carbocycles. The number of benzene rings is 1. The zero-order valence-corrected chi connectivity index (χ0v) is 14.0. The quantitative estimate of drug-likeness (QED) is 0.517. The fourth-order valence-electron chi connectivity index (χ4n) is 2.20. The van der Waals surface area contributed by atoms with Crippen LogP contribution in [0.25, 0.3) is 0 Å². The average Bonchev–Trinajstić information content (AvgIpc) is 2.57. The largest absolute Gasteiger partial charge is 0.480 e. The number of carboxylic acid groups (broad SMARTS) is 1. The molecule has 0 bridgehead atoms. The number of rotatable bonds is 9. The first-order valence-electron chi connectivity index (χ1n) is 7.94. The molecule has 1 aromatic rings. The summed E-state index contributed by atoms with van der Waals surface area (Å²) in [5.41, 5.74) is 6.85. The molecule has 0 fully saturated rings. The highest BCUT2D eigenvalue weighted by atomic mass is 16.4. The maximum atomic E-state index is 12.3. The lowest BCUT2D eigenvalue weighted by Gasteiger charge is -2.24. The molecule has 2 amide bonds. The zero-order chi connectivity index (χ0) is 18.1. The number of nitrogens with two attached hydrogens (primary N) is 1. The van der Waals surface area contributed by atoms with Crippen LogP contribution in [0.1, 0.15) is 25.8 Å². The van der Waals surface area contributed by atoms with Crippen molar-refractivity contribution in [3.8, 4) is 0 Å². The maximum absolute atomic E-state index is 12.3. The molecule has 0 heterocycles. The average molecular weight is 335 g/mol. The van der Waals surface area contributed by atoms with E-state index in [1.54, 1.807) is 0 Å². The summed E-state index contributed by atoms with van der Waals surface area (Å²) in [6.07, 6.45) is 1.01. The van der Waals surface area contributed by atoms with E-state index in [1.165, 1.54) is 0 Å². The molecule has 7 nitrogen and oxygen atoms in total. The normalized spacial score (nSPS) is 14.3. The summed E-state index contributed by atoms with van der Waals surface area (Å²) in [6, 6.07) is 7.75. The molecule has 0 aliphatic rings. The van der Waals surface area contributed by atoms with Crippen LogP contribution in [0.5, 0.6) is 0 Å². The number of aliphatic carboxylic acids is 1. The van der Waals surface area contributed by atoms with Crippen LogP contribution in [0, 0.1) is 5.92 Å². The van der Waals surface area contributed by atoms with Gasteiger partial charge in [0.1, 0.15) is 12.6 Å². The summed E-state index contributed by atoms with van der Waals surface area (Å²) < 4.78 is 0. The molecule has 0 aromatic heterocycles. The van der Waals surface area contributed by atoms with Crippen molar-refractivity contribution in [3.05, 3.63) is 35.9 Å². The number of carbonyl (C=O) groups is 3. The van der Waals surface area contributed by atoms with Gasteiger partial charge < -0.3 is 21.5 Å². The van der Waals surface area contributed by atoms with Crippen LogP contribution in [-0.4, -0.2) is 41.5 Å². The Morgan fingerprint density at radius 2 is 1.79 bits per heavy atom. The molecular weight excluding hydrogens is 310 g/mol. The molecule has 24 heavy (non-hydrogen) atoms. The maximum Gasteiger partial charge on any atom is 0.322 e. The van der Waals surface area contributed by atoms with Crippen molar-refractivity contribution in [2.24, 2.45) is 11.7 Å². The van der Waals surface area contributed by atoms with Gasteiger partial charge in [-0.05, 0) is 17.9 Å². The number of carbonyl (C=O) groups excluding carboxylic acids is 2. The lowest BCUT2D eigenvalue weighted by Crippen LogP contribution is -2.55. The standard InChI is InChI=1S/C17H25N3O4/c1-3-11(2)15(17(24)19-10-14(21)22)20-16(23)13(18)9-12-7-5-4-6-8-12/h4-8,11,13,15H,3,9-10,18H2,1-2H3,(H,19,24)(H,20,23)(H,21,22). The third kappa shape index (κ3) is 6.37. The molecule has 132 valence electrons. The molecule has 0 aliphatic carbocycles. The van der Waals surface area contributed by atoms with Crippen LogP contribution in [0.4, 0.5) is 0 Å². The van der Waals surface area contributed by atoms with Gasteiger partial charge in [0, 0.05) is 0 Å². The van der Waals surface area contributed by atoms with E-state index in [0.717, 1.165) is 5.56 Å². The van der Waals surface area contributed by atoms with Gasteiger partial charge in [0.25, 0.3) is 0 Å². The van der Waals surface area contributed by atoms with Gasteiger partial charge in [0.05, 0.1) is 6.04 Å².